The van der Waals surface area contributed by atoms with Gasteiger partial charge in [-0.25, -0.2) is 13.8 Å². The van der Waals surface area contributed by atoms with Crippen LogP contribution < -0.4 is 5.32 Å². The fourth-order valence-electron chi connectivity index (χ4n) is 3.38. The minimum Gasteiger partial charge on any atom is -0.356 e. The fraction of sp³-hybridized carbons (Fsp3) is 0.348. The average Bonchev–Trinajstić information content (AvgIpc) is 3.03. The Bertz CT molecular complexity index is 1070. The first-order chi connectivity index (χ1) is 14.2. The molecule has 0 saturated carbocycles. The number of carbonyl (C=O) groups is 2. The third-order valence-electron chi connectivity index (χ3n) is 4.96. The molecule has 3 aromatic rings. The van der Waals surface area contributed by atoms with E-state index in [0.29, 0.717) is 35.0 Å². The van der Waals surface area contributed by atoms with Gasteiger partial charge in [-0.1, -0.05) is 38.1 Å². The largest absolute Gasteiger partial charge is 0.356 e. The molecule has 0 aliphatic heterocycles. The van der Waals surface area contributed by atoms with E-state index in [-0.39, 0.29) is 24.0 Å². The lowest BCUT2D eigenvalue weighted by atomic mass is 10.0. The number of nitrogens with one attached hydrogen (secondary N) is 1. The Kier molecular flexibility index (Phi) is 6.29. The standard InChI is InChI=1S/C23H25F2N3O2/c1-15(2)10-11-26-22-27-19-12-16(21(30)14-29)8-9-20(19)28(22)13-17-6-4-5-7-18(17)23(3,24)25/h4-9,12,14-15H,10-11,13H2,1-3H3,(H,26,27). The van der Waals surface area contributed by atoms with E-state index in [0.717, 1.165) is 13.3 Å². The highest BCUT2D eigenvalue weighted by Crippen LogP contribution is 2.31. The van der Waals surface area contributed by atoms with Crippen molar-refractivity contribution < 1.29 is 18.4 Å². The molecule has 1 aromatic heterocycles. The van der Waals surface area contributed by atoms with Gasteiger partial charge in [0.25, 0.3) is 5.92 Å². The van der Waals surface area contributed by atoms with Crippen LogP contribution >= 0.6 is 0 Å². The monoisotopic (exact) mass is 413 g/mol. The Morgan fingerprint density at radius 2 is 1.97 bits per heavy atom. The van der Waals surface area contributed by atoms with E-state index in [1.165, 1.54) is 6.07 Å². The number of fused-ring (bicyclic) bond motifs is 1. The van der Waals surface area contributed by atoms with Crippen LogP contribution in [0.3, 0.4) is 0 Å². The van der Waals surface area contributed by atoms with Crippen molar-refractivity contribution in [1.29, 1.82) is 0 Å². The van der Waals surface area contributed by atoms with Crippen LogP contribution in [0.25, 0.3) is 11.0 Å². The molecule has 0 fully saturated rings. The third kappa shape index (κ3) is 4.72. The van der Waals surface area contributed by atoms with Gasteiger partial charge < -0.3 is 9.88 Å². The van der Waals surface area contributed by atoms with Gasteiger partial charge in [-0.15, -0.1) is 0 Å². The van der Waals surface area contributed by atoms with Crippen LogP contribution in [0.15, 0.2) is 42.5 Å². The van der Waals surface area contributed by atoms with Crippen molar-refractivity contribution in [1.82, 2.24) is 9.55 Å². The summed E-state index contributed by atoms with van der Waals surface area (Å²) in [6, 6.07) is 11.2. The molecule has 0 unspecified atom stereocenters. The molecule has 3 rings (SSSR count). The summed E-state index contributed by atoms with van der Waals surface area (Å²) in [5.41, 5.74) is 1.92. The summed E-state index contributed by atoms with van der Waals surface area (Å²) >= 11 is 0. The van der Waals surface area contributed by atoms with Crippen molar-refractivity contribution in [3.8, 4) is 0 Å². The molecule has 30 heavy (non-hydrogen) atoms. The van der Waals surface area contributed by atoms with Gasteiger partial charge >= 0.3 is 0 Å². The van der Waals surface area contributed by atoms with Crippen LogP contribution in [-0.2, 0) is 17.3 Å². The smallest absolute Gasteiger partial charge is 0.270 e. The number of ketones is 1. The zero-order valence-electron chi connectivity index (χ0n) is 17.3. The van der Waals surface area contributed by atoms with Crippen molar-refractivity contribution in [3.63, 3.8) is 0 Å². The van der Waals surface area contributed by atoms with Gasteiger partial charge in [0.15, 0.2) is 6.29 Å². The summed E-state index contributed by atoms with van der Waals surface area (Å²) < 4.78 is 30.1. The molecule has 5 nitrogen and oxygen atoms in total. The number of benzene rings is 2. The molecular formula is C23H25F2N3O2. The molecule has 0 aliphatic carbocycles. The summed E-state index contributed by atoms with van der Waals surface area (Å²) in [6.45, 7) is 5.98. The van der Waals surface area contributed by atoms with Crippen LogP contribution in [0.4, 0.5) is 14.7 Å². The molecule has 1 N–H and O–H groups in total. The number of anilines is 1. The third-order valence-corrected chi connectivity index (χ3v) is 4.96. The first-order valence-electron chi connectivity index (χ1n) is 9.90. The average molecular weight is 413 g/mol. The van der Waals surface area contributed by atoms with Crippen molar-refractivity contribution in [2.24, 2.45) is 5.92 Å². The number of hydrogen-bond acceptors (Lipinski definition) is 4. The van der Waals surface area contributed by atoms with E-state index in [1.54, 1.807) is 36.4 Å². The first-order valence-corrected chi connectivity index (χ1v) is 9.90. The Morgan fingerprint density at radius 1 is 1.23 bits per heavy atom. The lowest BCUT2D eigenvalue weighted by molar-refractivity contribution is -0.104. The molecule has 0 radical (unpaired) electrons. The predicted molar refractivity (Wildman–Crippen MR) is 113 cm³/mol. The molecule has 7 heteroatoms. The molecule has 1 heterocycles. The SMILES string of the molecule is CC(C)CCNc1nc2cc(C(=O)C=O)ccc2n1Cc1ccccc1C(C)(F)F. The molecule has 0 saturated heterocycles. The number of carbonyl (C=O) groups excluding carboxylic acids is 2. The molecular weight excluding hydrogens is 388 g/mol. The summed E-state index contributed by atoms with van der Waals surface area (Å²) in [4.78, 5) is 27.1. The van der Waals surface area contributed by atoms with E-state index >= 15 is 0 Å². The van der Waals surface area contributed by atoms with E-state index in [1.807, 2.05) is 4.57 Å². The second-order valence-corrected chi connectivity index (χ2v) is 7.86. The number of alkyl halides is 2. The number of hydrogen-bond donors (Lipinski definition) is 1. The van der Waals surface area contributed by atoms with Crippen molar-refractivity contribution >= 4 is 29.1 Å². The molecule has 0 spiro atoms. The maximum atomic E-state index is 14.1. The van der Waals surface area contributed by atoms with Crippen LogP contribution in [0.2, 0.25) is 0 Å². The van der Waals surface area contributed by atoms with E-state index in [4.69, 9.17) is 0 Å². The summed E-state index contributed by atoms with van der Waals surface area (Å²) in [7, 11) is 0. The fourth-order valence-corrected chi connectivity index (χ4v) is 3.38. The van der Waals surface area contributed by atoms with Gasteiger partial charge in [-0.05, 0) is 36.1 Å². The van der Waals surface area contributed by atoms with Crippen LogP contribution in [-0.4, -0.2) is 28.2 Å². The summed E-state index contributed by atoms with van der Waals surface area (Å²) in [6.07, 6.45) is 1.18. The molecule has 158 valence electrons. The second kappa shape index (κ2) is 8.73. The molecule has 2 aromatic carbocycles. The number of aldehydes is 1. The van der Waals surface area contributed by atoms with Crippen LogP contribution in [0.5, 0.6) is 0 Å². The number of halogens is 2. The van der Waals surface area contributed by atoms with Gasteiger partial charge in [0.05, 0.1) is 17.6 Å². The minimum absolute atomic E-state index is 0.0345. The number of rotatable bonds is 9. The van der Waals surface area contributed by atoms with E-state index in [9.17, 15) is 18.4 Å². The lowest BCUT2D eigenvalue weighted by Gasteiger charge is -2.18. The highest BCUT2D eigenvalue weighted by atomic mass is 19.3. The maximum absolute atomic E-state index is 14.1. The second-order valence-electron chi connectivity index (χ2n) is 7.86. The lowest BCUT2D eigenvalue weighted by Crippen LogP contribution is -2.15. The maximum Gasteiger partial charge on any atom is 0.270 e. The van der Waals surface area contributed by atoms with E-state index in [2.05, 4.69) is 24.1 Å². The van der Waals surface area contributed by atoms with E-state index < -0.39 is 11.7 Å². The molecule has 0 aliphatic rings. The number of imidazole rings is 1. The Hall–Kier alpha value is -3.09. The van der Waals surface area contributed by atoms with Gasteiger partial charge in [-0.2, -0.15) is 0 Å². The quantitative estimate of drug-likeness (QED) is 0.303. The highest BCUT2D eigenvalue weighted by molar-refractivity contribution is 6.33. The van der Waals surface area contributed by atoms with Gasteiger partial charge in [-0.3, -0.25) is 9.59 Å². The van der Waals surface area contributed by atoms with Gasteiger partial charge in [0, 0.05) is 24.6 Å². The zero-order chi connectivity index (χ0) is 21.9. The van der Waals surface area contributed by atoms with Gasteiger partial charge in [0.1, 0.15) is 0 Å². The van der Waals surface area contributed by atoms with Crippen LogP contribution in [0.1, 0.15) is 48.7 Å². The number of Topliss-reactive ketones (excluding diaryl/α,β-unsaturated/α-hetero) is 1. The molecule has 0 atom stereocenters. The zero-order valence-corrected chi connectivity index (χ0v) is 17.3. The van der Waals surface area contributed by atoms with Crippen molar-refractivity contribution in [2.75, 3.05) is 11.9 Å². The summed E-state index contributed by atoms with van der Waals surface area (Å²) in [5, 5.41) is 3.29. The topological polar surface area (TPSA) is 64.0 Å². The summed E-state index contributed by atoms with van der Waals surface area (Å²) in [5.74, 6) is -2.57. The Labute approximate surface area is 174 Å². The van der Waals surface area contributed by atoms with Gasteiger partial charge in [0.2, 0.25) is 11.7 Å². The predicted octanol–water partition coefficient (Wildman–Crippen LogP) is 5.04. The Morgan fingerprint density at radius 3 is 2.63 bits per heavy atom. The van der Waals surface area contributed by atoms with Crippen LogP contribution in [0, 0.1) is 5.92 Å². The van der Waals surface area contributed by atoms with Crippen molar-refractivity contribution in [3.05, 3.63) is 59.2 Å². The molecule has 0 bridgehead atoms. The minimum atomic E-state index is -2.97. The molecule has 0 amide bonds. The van der Waals surface area contributed by atoms with Crippen molar-refractivity contribution in [2.45, 2.75) is 39.7 Å². The Balaban J connectivity index is 2.07. The number of nitrogens with zero attached hydrogens (tertiary/aromatic N) is 2. The first kappa shape index (κ1) is 21.6. The normalized spacial score (nSPS) is 11.8. The highest BCUT2D eigenvalue weighted by Gasteiger charge is 2.27. The number of aromatic nitrogens is 2.